The molecule has 2 amide bonds. The molecule has 0 aromatic heterocycles. The van der Waals surface area contributed by atoms with E-state index < -0.39 is 0 Å². The molecule has 5 fully saturated rings. The Bertz CT molecular complexity index is 714. The van der Waals surface area contributed by atoms with Crippen molar-refractivity contribution in [3.63, 3.8) is 0 Å². The fraction of sp³-hybridized carbons (Fsp3) is 0.636. The van der Waals surface area contributed by atoms with Crippen LogP contribution < -0.4 is 0 Å². The minimum Gasteiger partial charge on any atom is -0.336 e. The van der Waals surface area contributed by atoms with Gasteiger partial charge >= 0.3 is 0 Å². The number of fused-ring (bicyclic) bond motifs is 2. The molecular weight excluding hydrogens is 338 g/mol. The summed E-state index contributed by atoms with van der Waals surface area (Å²) >= 11 is 0. The maximum absolute atomic E-state index is 13.3. The first-order chi connectivity index (χ1) is 13.2. The molecule has 1 aromatic rings. The van der Waals surface area contributed by atoms with Gasteiger partial charge in [0.1, 0.15) is 0 Å². The Labute approximate surface area is 161 Å². The average molecular weight is 367 g/mol. The molecule has 27 heavy (non-hydrogen) atoms. The van der Waals surface area contributed by atoms with Gasteiger partial charge < -0.3 is 9.80 Å². The number of hydrogen-bond donors (Lipinski definition) is 0. The topological polar surface area (TPSA) is 43.9 Å². The first-order valence-electron chi connectivity index (χ1n) is 10.6. The Morgan fingerprint density at radius 1 is 1.00 bits per heavy atom. The van der Waals surface area contributed by atoms with Gasteiger partial charge in [0.25, 0.3) is 0 Å². The number of amides is 2. The summed E-state index contributed by atoms with van der Waals surface area (Å²) in [7, 11) is 0. The summed E-state index contributed by atoms with van der Waals surface area (Å²) in [4.78, 5) is 32.0. The third-order valence-corrected chi connectivity index (χ3v) is 7.29. The van der Waals surface area contributed by atoms with E-state index >= 15 is 0 Å². The smallest absolute Gasteiger partial charge is 0.242 e. The van der Waals surface area contributed by atoms with Crippen molar-refractivity contribution in [2.75, 3.05) is 32.7 Å². The normalized spacial score (nSPS) is 35.4. The molecule has 0 spiro atoms. The van der Waals surface area contributed by atoms with Crippen LogP contribution in [0.1, 0.15) is 43.6 Å². The fourth-order valence-electron chi connectivity index (χ4n) is 5.98. The van der Waals surface area contributed by atoms with Gasteiger partial charge in [0.05, 0.1) is 12.6 Å². The van der Waals surface area contributed by atoms with E-state index in [1.54, 1.807) is 4.90 Å². The second-order valence-corrected chi connectivity index (χ2v) is 8.69. The first-order valence-corrected chi connectivity index (χ1v) is 10.6. The third-order valence-electron chi connectivity index (χ3n) is 7.29. The molecule has 0 N–H and O–H groups in total. The molecule has 0 saturated carbocycles. The van der Waals surface area contributed by atoms with Crippen molar-refractivity contribution < 1.29 is 9.59 Å². The Morgan fingerprint density at radius 2 is 1.78 bits per heavy atom. The van der Waals surface area contributed by atoms with Crippen molar-refractivity contribution >= 4 is 11.8 Å². The average Bonchev–Trinajstić information content (AvgIpc) is 3.14. The number of rotatable bonds is 3. The van der Waals surface area contributed by atoms with E-state index in [0.29, 0.717) is 30.3 Å². The fourth-order valence-corrected chi connectivity index (χ4v) is 5.98. The van der Waals surface area contributed by atoms with Gasteiger partial charge in [-0.1, -0.05) is 30.3 Å². The van der Waals surface area contributed by atoms with Crippen LogP contribution in [-0.2, 0) is 9.59 Å². The van der Waals surface area contributed by atoms with E-state index in [4.69, 9.17) is 0 Å². The Hall–Kier alpha value is -1.88. The Kier molecular flexibility index (Phi) is 4.43. The number of hydrogen-bond acceptors (Lipinski definition) is 3. The van der Waals surface area contributed by atoms with Crippen molar-refractivity contribution in [3.8, 4) is 0 Å². The summed E-state index contributed by atoms with van der Waals surface area (Å²) in [5.74, 6) is 1.32. The van der Waals surface area contributed by atoms with Crippen molar-refractivity contribution in [3.05, 3.63) is 35.9 Å². The van der Waals surface area contributed by atoms with Crippen LogP contribution in [0.25, 0.3) is 0 Å². The van der Waals surface area contributed by atoms with Crippen LogP contribution in [0.4, 0.5) is 0 Å². The highest BCUT2D eigenvalue weighted by atomic mass is 16.2. The van der Waals surface area contributed by atoms with Crippen LogP contribution in [0, 0.1) is 5.92 Å². The van der Waals surface area contributed by atoms with Crippen molar-refractivity contribution in [2.24, 2.45) is 5.92 Å². The van der Waals surface area contributed by atoms with Crippen LogP contribution in [0.3, 0.4) is 0 Å². The molecule has 3 atom stereocenters. The van der Waals surface area contributed by atoms with Crippen LogP contribution >= 0.6 is 0 Å². The molecule has 5 saturated heterocycles. The van der Waals surface area contributed by atoms with Gasteiger partial charge in [-0.15, -0.1) is 0 Å². The molecule has 5 aliphatic heterocycles. The molecule has 1 aromatic carbocycles. The van der Waals surface area contributed by atoms with Crippen LogP contribution in [0.15, 0.2) is 30.3 Å². The van der Waals surface area contributed by atoms with Crippen LogP contribution in [0.5, 0.6) is 0 Å². The highest BCUT2D eigenvalue weighted by Crippen LogP contribution is 2.46. The van der Waals surface area contributed by atoms with Gasteiger partial charge in [0.2, 0.25) is 11.8 Å². The quantitative estimate of drug-likeness (QED) is 0.822. The highest BCUT2D eigenvalue weighted by molar-refractivity contribution is 5.85. The van der Waals surface area contributed by atoms with E-state index in [1.165, 1.54) is 31.5 Å². The summed E-state index contributed by atoms with van der Waals surface area (Å²) in [6.07, 6.45) is 4.99. The molecule has 6 rings (SSSR count). The minimum atomic E-state index is 0.152. The second-order valence-electron chi connectivity index (χ2n) is 8.69. The van der Waals surface area contributed by atoms with Crippen molar-refractivity contribution in [2.45, 2.75) is 50.1 Å². The Balaban J connectivity index is 1.40. The van der Waals surface area contributed by atoms with E-state index in [1.807, 2.05) is 0 Å². The first kappa shape index (κ1) is 17.2. The molecule has 5 heterocycles. The zero-order chi connectivity index (χ0) is 18.4. The third kappa shape index (κ3) is 2.96. The molecule has 0 radical (unpaired) electrons. The van der Waals surface area contributed by atoms with Crippen molar-refractivity contribution in [1.29, 1.82) is 0 Å². The largest absolute Gasteiger partial charge is 0.336 e. The summed E-state index contributed by atoms with van der Waals surface area (Å²) in [5.41, 5.74) is 1.35. The van der Waals surface area contributed by atoms with Gasteiger partial charge in [-0.2, -0.15) is 0 Å². The predicted octanol–water partition coefficient (Wildman–Crippen LogP) is 2.09. The van der Waals surface area contributed by atoms with Crippen molar-refractivity contribution in [1.82, 2.24) is 14.7 Å². The number of carbonyl (C=O) groups is 2. The van der Waals surface area contributed by atoms with Crippen LogP contribution in [-0.4, -0.2) is 71.3 Å². The SMILES string of the molecule is O=C1CCCCN1CC(=O)N1C[C@H](c2ccccc2)[C@H]2[C@@H]1C1CCN2CC1. The zero-order valence-corrected chi connectivity index (χ0v) is 15.9. The zero-order valence-electron chi connectivity index (χ0n) is 15.9. The lowest BCUT2D eigenvalue weighted by Gasteiger charge is -2.51. The molecule has 0 aliphatic carbocycles. The summed E-state index contributed by atoms with van der Waals surface area (Å²) in [6, 6.07) is 11.5. The molecule has 5 aliphatic rings. The summed E-state index contributed by atoms with van der Waals surface area (Å²) < 4.78 is 0. The number of nitrogens with zero attached hydrogens (tertiary/aromatic N) is 3. The van der Waals surface area contributed by atoms with Gasteiger partial charge in [-0.25, -0.2) is 0 Å². The maximum atomic E-state index is 13.3. The van der Waals surface area contributed by atoms with Gasteiger partial charge in [-0.05, 0) is 50.3 Å². The minimum absolute atomic E-state index is 0.152. The number of likely N-dealkylation sites (tertiary alicyclic amines) is 2. The summed E-state index contributed by atoms with van der Waals surface area (Å²) in [6.45, 7) is 4.15. The number of benzene rings is 1. The Morgan fingerprint density at radius 3 is 2.52 bits per heavy atom. The van der Waals surface area contributed by atoms with E-state index in [9.17, 15) is 9.59 Å². The van der Waals surface area contributed by atoms with Gasteiger partial charge in [0, 0.05) is 31.5 Å². The van der Waals surface area contributed by atoms with E-state index in [-0.39, 0.29) is 18.4 Å². The maximum Gasteiger partial charge on any atom is 0.242 e. The highest BCUT2D eigenvalue weighted by Gasteiger charge is 2.54. The van der Waals surface area contributed by atoms with Gasteiger partial charge in [0.15, 0.2) is 0 Å². The number of carbonyl (C=O) groups excluding carboxylic acids is 2. The monoisotopic (exact) mass is 367 g/mol. The lowest BCUT2D eigenvalue weighted by Crippen LogP contribution is -2.61. The molecular formula is C22H29N3O2. The predicted molar refractivity (Wildman–Crippen MR) is 103 cm³/mol. The molecule has 0 unspecified atom stereocenters. The molecule has 5 nitrogen and oxygen atoms in total. The lowest BCUT2D eigenvalue weighted by molar-refractivity contribution is -0.144. The second kappa shape index (κ2) is 6.93. The molecule has 2 bridgehead atoms. The van der Waals surface area contributed by atoms with E-state index in [0.717, 1.165) is 25.9 Å². The van der Waals surface area contributed by atoms with Gasteiger partial charge in [-0.3, -0.25) is 14.5 Å². The van der Waals surface area contributed by atoms with E-state index in [2.05, 4.69) is 40.1 Å². The molecule has 5 heteroatoms. The standard InChI is InChI=1S/C22H29N3O2/c26-19-8-4-5-11-24(19)15-20(27)25-14-18(16-6-2-1-3-7-16)22-21(25)17-9-12-23(22)13-10-17/h1-3,6-7,17-18,21-22H,4-5,8-15H2/t18-,21+,22+/m1/s1. The van der Waals surface area contributed by atoms with Crippen LogP contribution in [0.2, 0.25) is 0 Å². The molecule has 144 valence electrons. The summed E-state index contributed by atoms with van der Waals surface area (Å²) in [5, 5.41) is 0. The number of piperidine rings is 4. The lowest BCUT2D eigenvalue weighted by atomic mass is 9.75.